The Morgan fingerprint density at radius 2 is 2.13 bits per heavy atom. The van der Waals surface area contributed by atoms with Gasteiger partial charge in [-0.2, -0.15) is 5.26 Å². The predicted octanol–water partition coefficient (Wildman–Crippen LogP) is 1.49. The van der Waals surface area contributed by atoms with Crippen LogP contribution in [-0.4, -0.2) is 40.1 Å². The molecule has 1 saturated heterocycles. The largest absolute Gasteiger partial charge is 0.393 e. The number of hydrogen-bond acceptors (Lipinski definition) is 4. The van der Waals surface area contributed by atoms with Crippen LogP contribution in [0.25, 0.3) is 0 Å². The molecule has 2 radical (unpaired) electrons. The highest BCUT2D eigenvalue weighted by molar-refractivity contribution is 5.84. The van der Waals surface area contributed by atoms with E-state index in [1.165, 1.54) is 0 Å². The molecule has 3 aliphatic carbocycles. The van der Waals surface area contributed by atoms with E-state index < -0.39 is 6.04 Å². The van der Waals surface area contributed by atoms with E-state index in [9.17, 15) is 15.2 Å². The van der Waals surface area contributed by atoms with Crippen molar-refractivity contribution in [3.05, 3.63) is 7.43 Å². The van der Waals surface area contributed by atoms with Crippen LogP contribution in [0.5, 0.6) is 0 Å². The SMILES string of the molecule is N#C[C@@H]1C[C@@H]2C[C@@H]2N1C(=O)[C@@H](N)C12CCCC(CC(O)C1)C2.[CH2]. The number of aliphatic hydroxyl groups excluding tert-OH is 1. The number of carbonyl (C=O) groups excluding carboxylic acids is 1. The Bertz CT molecular complexity index is 527. The summed E-state index contributed by atoms with van der Waals surface area (Å²) >= 11 is 0. The first-order valence-corrected chi connectivity index (χ1v) is 8.69. The standard InChI is InChI=1S/C17H25N3O2.CH2/c18-9-12-5-11-6-14(11)20(12)16(22)15(19)17-3-1-2-10(7-17)4-13(21)8-17;/h10-15,21H,1-8,19H2;1H2/t10?,11-,12+,13?,14+,15-,17?;/m1./s1. The number of nitriles is 1. The highest BCUT2D eigenvalue weighted by Crippen LogP contribution is 2.53. The van der Waals surface area contributed by atoms with Crippen molar-refractivity contribution in [1.82, 2.24) is 4.90 Å². The Morgan fingerprint density at radius 3 is 2.87 bits per heavy atom. The van der Waals surface area contributed by atoms with Crippen molar-refractivity contribution in [1.29, 1.82) is 5.26 Å². The van der Waals surface area contributed by atoms with Gasteiger partial charge in [-0.1, -0.05) is 20.3 Å². The molecule has 23 heavy (non-hydrogen) atoms. The highest BCUT2D eigenvalue weighted by Gasteiger charge is 2.57. The monoisotopic (exact) mass is 317 g/mol. The lowest BCUT2D eigenvalue weighted by molar-refractivity contribution is -0.140. The number of fused-ring (bicyclic) bond motifs is 3. The molecular formula is C18H27N3O2. The van der Waals surface area contributed by atoms with Crippen LogP contribution in [0.1, 0.15) is 51.4 Å². The Labute approximate surface area is 138 Å². The number of carbonyl (C=O) groups is 1. The van der Waals surface area contributed by atoms with Gasteiger partial charge in [0, 0.05) is 6.04 Å². The zero-order valence-electron chi connectivity index (χ0n) is 13.7. The maximum absolute atomic E-state index is 13.0. The molecule has 0 aromatic heterocycles. The van der Waals surface area contributed by atoms with Crippen LogP contribution in [-0.2, 0) is 4.79 Å². The van der Waals surface area contributed by atoms with E-state index >= 15 is 0 Å². The van der Waals surface area contributed by atoms with Crippen molar-refractivity contribution in [2.75, 3.05) is 0 Å². The van der Waals surface area contributed by atoms with Crippen molar-refractivity contribution in [2.24, 2.45) is 23.0 Å². The lowest BCUT2D eigenvalue weighted by Crippen LogP contribution is -2.58. The number of nitrogens with two attached hydrogens (primary N) is 1. The topological polar surface area (TPSA) is 90.4 Å². The van der Waals surface area contributed by atoms with Crippen LogP contribution >= 0.6 is 0 Å². The quantitative estimate of drug-likeness (QED) is 0.807. The molecule has 126 valence electrons. The third-order valence-corrected chi connectivity index (χ3v) is 6.66. The molecule has 4 aliphatic rings. The first-order chi connectivity index (χ1) is 10.5. The molecule has 4 rings (SSSR count). The maximum atomic E-state index is 13.0. The van der Waals surface area contributed by atoms with Crippen molar-refractivity contribution < 1.29 is 9.90 Å². The lowest BCUT2D eigenvalue weighted by atomic mass is 9.58. The van der Waals surface area contributed by atoms with Gasteiger partial charge in [0.25, 0.3) is 0 Å². The summed E-state index contributed by atoms with van der Waals surface area (Å²) in [4.78, 5) is 14.8. The first-order valence-electron chi connectivity index (χ1n) is 8.69. The van der Waals surface area contributed by atoms with Gasteiger partial charge in [0.05, 0.1) is 18.2 Å². The summed E-state index contributed by atoms with van der Waals surface area (Å²) in [6, 6.07) is 1.69. The minimum absolute atomic E-state index is 0. The smallest absolute Gasteiger partial charge is 0.241 e. The molecule has 0 aromatic rings. The average molecular weight is 317 g/mol. The van der Waals surface area contributed by atoms with Gasteiger partial charge in [-0.25, -0.2) is 0 Å². The minimum Gasteiger partial charge on any atom is -0.393 e. The fraction of sp³-hybridized carbons (Fsp3) is 0.833. The van der Waals surface area contributed by atoms with E-state index in [-0.39, 0.29) is 36.9 Å². The average Bonchev–Trinajstić information content (AvgIpc) is 3.15. The molecule has 0 aromatic carbocycles. The van der Waals surface area contributed by atoms with Crippen LogP contribution in [0.15, 0.2) is 0 Å². The molecule has 5 heteroatoms. The van der Waals surface area contributed by atoms with E-state index in [1.807, 2.05) is 0 Å². The van der Waals surface area contributed by atoms with E-state index in [0.717, 1.165) is 44.9 Å². The van der Waals surface area contributed by atoms with Gasteiger partial charge in [0.1, 0.15) is 6.04 Å². The van der Waals surface area contributed by atoms with E-state index in [0.29, 0.717) is 18.3 Å². The van der Waals surface area contributed by atoms with Crippen molar-refractivity contribution in [3.63, 3.8) is 0 Å². The zero-order valence-corrected chi connectivity index (χ0v) is 13.7. The predicted molar refractivity (Wildman–Crippen MR) is 85.7 cm³/mol. The maximum Gasteiger partial charge on any atom is 0.241 e. The fourth-order valence-electron chi connectivity index (χ4n) is 5.57. The Balaban J connectivity index is 0.00000156. The van der Waals surface area contributed by atoms with Gasteiger partial charge in [-0.05, 0) is 55.8 Å². The molecule has 4 fully saturated rings. The van der Waals surface area contributed by atoms with Crippen LogP contribution in [0.4, 0.5) is 0 Å². The normalized spacial score (nSPS) is 45.4. The molecule has 1 aliphatic heterocycles. The molecule has 3 unspecified atom stereocenters. The molecule has 1 heterocycles. The molecule has 0 spiro atoms. The Kier molecular flexibility index (Phi) is 4.18. The summed E-state index contributed by atoms with van der Waals surface area (Å²) in [5, 5.41) is 19.5. The van der Waals surface area contributed by atoms with Gasteiger partial charge in [0.15, 0.2) is 0 Å². The van der Waals surface area contributed by atoms with Gasteiger partial charge in [0.2, 0.25) is 5.91 Å². The second-order valence-electron chi connectivity index (χ2n) is 8.09. The number of rotatable bonds is 2. The second-order valence-corrected chi connectivity index (χ2v) is 8.09. The van der Waals surface area contributed by atoms with Crippen LogP contribution < -0.4 is 5.73 Å². The third kappa shape index (κ3) is 2.56. The number of nitrogens with zero attached hydrogens (tertiary/aromatic N) is 2. The molecular weight excluding hydrogens is 290 g/mol. The second kappa shape index (κ2) is 5.75. The molecule has 3 N–H and O–H groups in total. The summed E-state index contributed by atoms with van der Waals surface area (Å²) < 4.78 is 0. The van der Waals surface area contributed by atoms with Crippen molar-refractivity contribution in [2.45, 2.75) is 75.6 Å². The fourth-order valence-corrected chi connectivity index (χ4v) is 5.57. The van der Waals surface area contributed by atoms with Crippen LogP contribution in [0.3, 0.4) is 0 Å². The highest BCUT2D eigenvalue weighted by atomic mass is 16.3. The summed E-state index contributed by atoms with van der Waals surface area (Å²) in [5.74, 6) is 0.996. The van der Waals surface area contributed by atoms with Gasteiger partial charge in [-0.15, -0.1) is 0 Å². The van der Waals surface area contributed by atoms with E-state index in [1.54, 1.807) is 4.90 Å². The zero-order chi connectivity index (χ0) is 15.5. The molecule has 3 saturated carbocycles. The number of aliphatic hydroxyl groups is 1. The molecule has 1 amide bonds. The molecule has 2 bridgehead atoms. The van der Waals surface area contributed by atoms with Crippen molar-refractivity contribution >= 4 is 5.91 Å². The van der Waals surface area contributed by atoms with Crippen molar-refractivity contribution in [3.8, 4) is 6.07 Å². The number of likely N-dealkylation sites (tertiary alicyclic amines) is 1. The summed E-state index contributed by atoms with van der Waals surface area (Å²) in [7, 11) is 0. The number of amides is 1. The van der Waals surface area contributed by atoms with Gasteiger partial charge in [-0.3, -0.25) is 4.79 Å². The molecule has 7 atom stereocenters. The lowest BCUT2D eigenvalue weighted by Gasteiger charge is -2.50. The Hall–Kier alpha value is -1.12. The van der Waals surface area contributed by atoms with Crippen LogP contribution in [0, 0.1) is 36.0 Å². The van der Waals surface area contributed by atoms with E-state index in [4.69, 9.17) is 5.73 Å². The summed E-state index contributed by atoms with van der Waals surface area (Å²) in [6.07, 6.45) is 7.20. The first kappa shape index (κ1) is 16.7. The van der Waals surface area contributed by atoms with Gasteiger partial charge < -0.3 is 15.7 Å². The summed E-state index contributed by atoms with van der Waals surface area (Å²) in [5.41, 5.74) is 6.22. The number of hydrogen-bond donors (Lipinski definition) is 2. The number of piperidine rings is 1. The molecule has 5 nitrogen and oxygen atoms in total. The summed E-state index contributed by atoms with van der Waals surface area (Å²) in [6.45, 7) is 0. The third-order valence-electron chi connectivity index (χ3n) is 6.66. The van der Waals surface area contributed by atoms with E-state index in [2.05, 4.69) is 6.07 Å². The Morgan fingerprint density at radius 1 is 1.35 bits per heavy atom. The minimum atomic E-state index is -0.555. The van der Waals surface area contributed by atoms with Gasteiger partial charge >= 0.3 is 0 Å². The van der Waals surface area contributed by atoms with Crippen LogP contribution in [0.2, 0.25) is 0 Å².